The van der Waals surface area contributed by atoms with Crippen LogP contribution in [0.5, 0.6) is 0 Å². The lowest BCUT2D eigenvalue weighted by Gasteiger charge is -2.22. The molecule has 0 radical (unpaired) electrons. The summed E-state index contributed by atoms with van der Waals surface area (Å²) in [5.74, 6) is -0.134. The van der Waals surface area contributed by atoms with Crippen LogP contribution in [-0.2, 0) is 10.0 Å². The van der Waals surface area contributed by atoms with Crippen molar-refractivity contribution in [3.8, 4) is 10.7 Å². The minimum absolute atomic E-state index is 0.0677. The molecular formula is C20H22N4O4S2. The van der Waals surface area contributed by atoms with Crippen LogP contribution in [0.4, 0.5) is 5.69 Å². The molecule has 0 atom stereocenters. The van der Waals surface area contributed by atoms with E-state index < -0.39 is 10.0 Å². The van der Waals surface area contributed by atoms with E-state index in [0.29, 0.717) is 35.1 Å². The highest BCUT2D eigenvalue weighted by atomic mass is 32.2. The van der Waals surface area contributed by atoms with E-state index >= 15 is 0 Å². The van der Waals surface area contributed by atoms with Gasteiger partial charge in [-0.1, -0.05) is 23.4 Å². The standard InChI is InChI=1S/C20H22N4O4S2/c1-3-24(15-9-5-4-6-10-15)30(26,27)17-13-16(29-14(17)2)18-21-19(28-22-18)20(25)23-11-7-8-12-23/h4-6,9-10,13H,3,7-8,11-12H2,1-2H3. The molecule has 1 aromatic carbocycles. The number of likely N-dealkylation sites (tertiary alicyclic amines) is 1. The molecule has 1 aliphatic rings. The lowest BCUT2D eigenvalue weighted by atomic mass is 10.3. The summed E-state index contributed by atoms with van der Waals surface area (Å²) in [6, 6.07) is 10.5. The normalized spacial score (nSPS) is 14.3. The second-order valence-corrected chi connectivity index (χ2v) is 10.0. The Morgan fingerprint density at radius 3 is 2.60 bits per heavy atom. The third-order valence-corrected chi connectivity index (χ3v) is 8.20. The molecule has 0 N–H and O–H groups in total. The number of hydrogen-bond donors (Lipinski definition) is 0. The maximum Gasteiger partial charge on any atom is 0.316 e. The van der Waals surface area contributed by atoms with E-state index in [1.54, 1.807) is 49.1 Å². The van der Waals surface area contributed by atoms with Gasteiger partial charge in [0.15, 0.2) is 0 Å². The lowest BCUT2D eigenvalue weighted by Crippen LogP contribution is -2.30. The number of nitrogens with zero attached hydrogens (tertiary/aromatic N) is 4. The van der Waals surface area contributed by atoms with Crippen LogP contribution in [0.2, 0.25) is 0 Å². The number of thiophene rings is 1. The first-order chi connectivity index (χ1) is 14.4. The zero-order valence-electron chi connectivity index (χ0n) is 16.7. The van der Waals surface area contributed by atoms with Gasteiger partial charge in [0.1, 0.15) is 4.90 Å². The molecule has 4 rings (SSSR count). The zero-order chi connectivity index (χ0) is 21.3. The molecule has 1 saturated heterocycles. The third kappa shape index (κ3) is 3.72. The summed E-state index contributed by atoms with van der Waals surface area (Å²) in [5.41, 5.74) is 0.602. The smallest absolute Gasteiger partial charge is 0.316 e. The molecule has 1 fully saturated rings. The second-order valence-electron chi connectivity index (χ2n) is 6.96. The Bertz CT molecular complexity index is 1150. The number of benzene rings is 1. The van der Waals surface area contributed by atoms with Gasteiger partial charge in [-0.05, 0) is 44.9 Å². The Labute approximate surface area is 179 Å². The Hall–Kier alpha value is -2.72. The fourth-order valence-corrected chi connectivity index (χ4v) is 6.46. The summed E-state index contributed by atoms with van der Waals surface area (Å²) in [7, 11) is -3.76. The molecule has 0 aliphatic carbocycles. The van der Waals surface area contributed by atoms with Gasteiger partial charge in [-0.2, -0.15) is 4.98 Å². The van der Waals surface area contributed by atoms with Gasteiger partial charge in [-0.3, -0.25) is 9.10 Å². The number of aryl methyl sites for hydroxylation is 1. The molecule has 10 heteroatoms. The van der Waals surface area contributed by atoms with Gasteiger partial charge in [0, 0.05) is 24.5 Å². The number of anilines is 1. The van der Waals surface area contributed by atoms with E-state index in [2.05, 4.69) is 10.1 Å². The Morgan fingerprint density at radius 1 is 1.23 bits per heavy atom. The van der Waals surface area contributed by atoms with Crippen LogP contribution in [0.25, 0.3) is 10.7 Å². The molecule has 3 heterocycles. The fourth-order valence-electron chi connectivity index (χ4n) is 3.50. The number of para-hydroxylation sites is 1. The predicted octanol–water partition coefficient (Wildman–Crippen LogP) is 3.56. The summed E-state index contributed by atoms with van der Waals surface area (Å²) >= 11 is 1.26. The number of amides is 1. The largest absolute Gasteiger partial charge is 0.334 e. The lowest BCUT2D eigenvalue weighted by molar-refractivity contribution is 0.0743. The Kier molecular flexibility index (Phi) is 5.61. The van der Waals surface area contributed by atoms with E-state index in [1.807, 2.05) is 6.07 Å². The molecule has 158 valence electrons. The topological polar surface area (TPSA) is 96.6 Å². The van der Waals surface area contributed by atoms with Gasteiger partial charge < -0.3 is 9.42 Å². The summed E-state index contributed by atoms with van der Waals surface area (Å²) in [5, 5.41) is 3.91. The number of aromatic nitrogens is 2. The van der Waals surface area contributed by atoms with Gasteiger partial charge in [-0.15, -0.1) is 11.3 Å². The maximum atomic E-state index is 13.3. The zero-order valence-corrected chi connectivity index (χ0v) is 18.4. The highest BCUT2D eigenvalue weighted by molar-refractivity contribution is 7.93. The van der Waals surface area contributed by atoms with Crippen molar-refractivity contribution in [2.45, 2.75) is 31.6 Å². The van der Waals surface area contributed by atoms with Crippen molar-refractivity contribution < 1.29 is 17.7 Å². The average molecular weight is 447 g/mol. The monoisotopic (exact) mass is 446 g/mol. The van der Waals surface area contributed by atoms with Crippen LogP contribution in [-0.4, -0.2) is 49.0 Å². The molecular weight excluding hydrogens is 424 g/mol. The fraction of sp³-hybridized carbons (Fsp3) is 0.350. The molecule has 2 aromatic heterocycles. The number of rotatable bonds is 6. The summed E-state index contributed by atoms with van der Waals surface area (Å²) in [4.78, 5) is 19.7. The summed E-state index contributed by atoms with van der Waals surface area (Å²) in [6.45, 7) is 5.21. The molecule has 1 amide bonds. The number of sulfonamides is 1. The van der Waals surface area contributed by atoms with Crippen molar-refractivity contribution in [3.63, 3.8) is 0 Å². The Morgan fingerprint density at radius 2 is 1.93 bits per heavy atom. The molecule has 0 spiro atoms. The molecule has 0 bridgehead atoms. The highest BCUT2D eigenvalue weighted by Gasteiger charge is 2.29. The van der Waals surface area contributed by atoms with Gasteiger partial charge in [0.2, 0.25) is 5.82 Å². The quantitative estimate of drug-likeness (QED) is 0.574. The van der Waals surface area contributed by atoms with Crippen LogP contribution in [0.3, 0.4) is 0 Å². The van der Waals surface area contributed by atoms with Crippen molar-refractivity contribution in [2.75, 3.05) is 23.9 Å². The average Bonchev–Trinajstić information content (AvgIpc) is 3.49. The number of hydrogen-bond acceptors (Lipinski definition) is 7. The summed E-state index contributed by atoms with van der Waals surface area (Å²) in [6.07, 6.45) is 1.93. The third-order valence-electron chi connectivity index (χ3n) is 4.99. The van der Waals surface area contributed by atoms with Gasteiger partial charge in [0.25, 0.3) is 10.0 Å². The SMILES string of the molecule is CCN(c1ccccc1)S(=O)(=O)c1cc(-c2noc(C(=O)N3CCCC3)n2)sc1C. The van der Waals surface area contributed by atoms with E-state index in [4.69, 9.17) is 4.52 Å². The number of carbonyl (C=O) groups excluding carboxylic acids is 1. The van der Waals surface area contributed by atoms with Crippen LogP contribution >= 0.6 is 11.3 Å². The van der Waals surface area contributed by atoms with Crippen molar-refractivity contribution in [3.05, 3.63) is 47.2 Å². The minimum atomic E-state index is -3.76. The van der Waals surface area contributed by atoms with Gasteiger partial charge in [0.05, 0.1) is 10.6 Å². The van der Waals surface area contributed by atoms with E-state index in [9.17, 15) is 13.2 Å². The van der Waals surface area contributed by atoms with Crippen molar-refractivity contribution >= 4 is 33.0 Å². The molecule has 0 saturated carbocycles. The minimum Gasteiger partial charge on any atom is -0.334 e. The van der Waals surface area contributed by atoms with Crippen molar-refractivity contribution in [2.24, 2.45) is 0 Å². The predicted molar refractivity (Wildman–Crippen MR) is 114 cm³/mol. The number of carbonyl (C=O) groups is 1. The molecule has 3 aromatic rings. The second kappa shape index (κ2) is 8.19. The molecule has 0 unspecified atom stereocenters. The highest BCUT2D eigenvalue weighted by Crippen LogP contribution is 2.35. The van der Waals surface area contributed by atoms with Crippen LogP contribution in [0.1, 0.15) is 35.3 Å². The van der Waals surface area contributed by atoms with Crippen LogP contribution in [0.15, 0.2) is 45.8 Å². The van der Waals surface area contributed by atoms with Crippen molar-refractivity contribution in [1.82, 2.24) is 15.0 Å². The van der Waals surface area contributed by atoms with Crippen molar-refractivity contribution in [1.29, 1.82) is 0 Å². The first-order valence-corrected chi connectivity index (χ1v) is 12.0. The van der Waals surface area contributed by atoms with Gasteiger partial charge in [-0.25, -0.2) is 8.42 Å². The molecule has 1 aliphatic heterocycles. The molecule has 8 nitrogen and oxygen atoms in total. The first kappa shape index (κ1) is 20.5. The van der Waals surface area contributed by atoms with Crippen LogP contribution in [0, 0.1) is 6.92 Å². The van der Waals surface area contributed by atoms with E-state index in [1.165, 1.54) is 15.6 Å². The maximum absolute atomic E-state index is 13.3. The molecule has 30 heavy (non-hydrogen) atoms. The van der Waals surface area contributed by atoms with Crippen LogP contribution < -0.4 is 4.31 Å². The Balaban J connectivity index is 1.64. The van der Waals surface area contributed by atoms with E-state index in [0.717, 1.165) is 12.8 Å². The first-order valence-electron chi connectivity index (χ1n) is 9.73. The van der Waals surface area contributed by atoms with E-state index in [-0.39, 0.29) is 22.5 Å². The van der Waals surface area contributed by atoms with Gasteiger partial charge >= 0.3 is 11.8 Å². The summed E-state index contributed by atoms with van der Waals surface area (Å²) < 4.78 is 33.2.